The molecule has 110 valence electrons. The van der Waals surface area contributed by atoms with Crippen LogP contribution in [0.4, 0.5) is 0 Å². The molecule has 0 rings (SSSR count). The summed E-state index contributed by atoms with van der Waals surface area (Å²) in [7, 11) is 0. The van der Waals surface area contributed by atoms with E-state index in [1.54, 1.807) is 6.08 Å². The minimum absolute atomic E-state index is 0.0479. The van der Waals surface area contributed by atoms with Gasteiger partial charge >= 0.3 is 0 Å². The number of rotatable bonds is 9. The second kappa shape index (κ2) is 13.6. The van der Waals surface area contributed by atoms with Crippen molar-refractivity contribution in [2.24, 2.45) is 5.92 Å². The normalized spacial score (nSPS) is 13.0. The van der Waals surface area contributed by atoms with Crippen LogP contribution < -0.4 is 5.32 Å². The van der Waals surface area contributed by atoms with Crippen LogP contribution in [0.15, 0.2) is 60.8 Å². The summed E-state index contributed by atoms with van der Waals surface area (Å²) in [5, 5.41) is 2.82. The summed E-state index contributed by atoms with van der Waals surface area (Å²) < 4.78 is 0. The molecule has 1 amide bonds. The molecular weight excluding hydrogens is 246 g/mol. The molecule has 2 nitrogen and oxygen atoms in total. The molecule has 0 aliphatic heterocycles. The Labute approximate surface area is 123 Å². The molecule has 0 unspecified atom stereocenters. The fraction of sp³-hybridized carbons (Fsp3) is 0.389. The van der Waals surface area contributed by atoms with Crippen LogP contribution in [0, 0.1) is 5.92 Å². The zero-order chi connectivity index (χ0) is 15.1. The third-order valence-electron chi connectivity index (χ3n) is 2.30. The standard InChI is InChI=1S/C18H27NO/c1-4-5-6-7-8-9-10-11-12-13-14-15-18(20)19-16-17(2)3/h6-15,17H,4-5,16H2,1-3H3,(H,19,20)/b7-6+,9-8-,11-10+,13-12+,15-14+. The molecule has 0 spiro atoms. The van der Waals surface area contributed by atoms with Crippen molar-refractivity contribution in [1.82, 2.24) is 5.32 Å². The molecule has 0 bridgehead atoms. The molecule has 0 radical (unpaired) electrons. The van der Waals surface area contributed by atoms with Crippen LogP contribution in [-0.2, 0) is 4.79 Å². The van der Waals surface area contributed by atoms with Crippen molar-refractivity contribution in [3.05, 3.63) is 60.8 Å². The van der Waals surface area contributed by atoms with E-state index in [1.807, 2.05) is 36.5 Å². The zero-order valence-corrected chi connectivity index (χ0v) is 12.9. The number of carbonyl (C=O) groups excluding carboxylic acids is 1. The third-order valence-corrected chi connectivity index (χ3v) is 2.30. The Balaban J connectivity index is 3.82. The number of amides is 1. The predicted molar refractivity (Wildman–Crippen MR) is 88.5 cm³/mol. The van der Waals surface area contributed by atoms with E-state index in [1.165, 1.54) is 12.5 Å². The van der Waals surface area contributed by atoms with Gasteiger partial charge in [-0.3, -0.25) is 4.79 Å². The maximum Gasteiger partial charge on any atom is 0.243 e. The van der Waals surface area contributed by atoms with Crippen LogP contribution in [-0.4, -0.2) is 12.5 Å². The van der Waals surface area contributed by atoms with Gasteiger partial charge in [0, 0.05) is 12.6 Å². The highest BCUT2D eigenvalue weighted by atomic mass is 16.1. The number of hydrogen-bond acceptors (Lipinski definition) is 1. The van der Waals surface area contributed by atoms with E-state index in [2.05, 4.69) is 38.2 Å². The van der Waals surface area contributed by atoms with Crippen LogP contribution in [0.25, 0.3) is 0 Å². The lowest BCUT2D eigenvalue weighted by atomic mass is 10.2. The maximum atomic E-state index is 11.3. The Morgan fingerprint density at radius 3 is 2.05 bits per heavy atom. The average Bonchev–Trinajstić information content (AvgIpc) is 2.42. The summed E-state index contributed by atoms with van der Waals surface area (Å²) in [6, 6.07) is 0. The van der Waals surface area contributed by atoms with Crippen molar-refractivity contribution in [3.63, 3.8) is 0 Å². The molecule has 1 N–H and O–H groups in total. The number of unbranched alkanes of at least 4 members (excludes halogenated alkanes) is 1. The van der Waals surface area contributed by atoms with Gasteiger partial charge in [0.15, 0.2) is 0 Å². The van der Waals surface area contributed by atoms with Crippen LogP contribution in [0.3, 0.4) is 0 Å². The van der Waals surface area contributed by atoms with Crippen LogP contribution in [0.5, 0.6) is 0 Å². The second-order valence-electron chi connectivity index (χ2n) is 4.87. The van der Waals surface area contributed by atoms with Crippen LogP contribution in [0.2, 0.25) is 0 Å². The highest BCUT2D eigenvalue weighted by Gasteiger charge is 1.95. The highest BCUT2D eigenvalue weighted by Crippen LogP contribution is 1.90. The Hall–Kier alpha value is -1.83. The molecule has 0 atom stereocenters. The molecule has 0 aromatic rings. The van der Waals surface area contributed by atoms with Gasteiger partial charge < -0.3 is 5.32 Å². The smallest absolute Gasteiger partial charge is 0.243 e. The van der Waals surface area contributed by atoms with E-state index in [0.29, 0.717) is 12.5 Å². The fourth-order valence-electron chi connectivity index (χ4n) is 1.23. The van der Waals surface area contributed by atoms with E-state index in [9.17, 15) is 4.79 Å². The van der Waals surface area contributed by atoms with Gasteiger partial charge in [-0.15, -0.1) is 0 Å². The largest absolute Gasteiger partial charge is 0.352 e. The zero-order valence-electron chi connectivity index (χ0n) is 12.9. The summed E-state index contributed by atoms with van der Waals surface area (Å²) in [5.74, 6) is 0.428. The second-order valence-corrected chi connectivity index (χ2v) is 4.87. The Kier molecular flexibility index (Phi) is 12.4. The molecule has 2 heteroatoms. The first-order valence-corrected chi connectivity index (χ1v) is 7.27. The summed E-state index contributed by atoms with van der Waals surface area (Å²) in [6.45, 7) is 7.01. The Bertz CT molecular complexity index is 384. The number of allylic oxidation sites excluding steroid dienone is 9. The fourth-order valence-corrected chi connectivity index (χ4v) is 1.23. The SMILES string of the molecule is CCC/C=C/C=C\C=C\C=C\C=C\C(=O)NCC(C)C. The van der Waals surface area contributed by atoms with Crippen LogP contribution >= 0.6 is 0 Å². The molecule has 0 saturated heterocycles. The van der Waals surface area contributed by atoms with Gasteiger partial charge in [0.1, 0.15) is 0 Å². The summed E-state index contributed by atoms with van der Waals surface area (Å²) in [4.78, 5) is 11.3. The summed E-state index contributed by atoms with van der Waals surface area (Å²) >= 11 is 0. The Morgan fingerprint density at radius 2 is 1.50 bits per heavy atom. The van der Waals surface area contributed by atoms with E-state index >= 15 is 0 Å². The van der Waals surface area contributed by atoms with Crippen molar-refractivity contribution < 1.29 is 4.79 Å². The molecule has 20 heavy (non-hydrogen) atoms. The monoisotopic (exact) mass is 273 g/mol. The van der Waals surface area contributed by atoms with E-state index in [-0.39, 0.29) is 5.91 Å². The first-order chi connectivity index (χ1) is 9.66. The van der Waals surface area contributed by atoms with Gasteiger partial charge in [0.2, 0.25) is 5.91 Å². The van der Waals surface area contributed by atoms with Gasteiger partial charge in [-0.05, 0) is 12.3 Å². The lowest BCUT2D eigenvalue weighted by Gasteiger charge is -2.03. The number of nitrogens with one attached hydrogen (secondary N) is 1. The molecule has 0 fully saturated rings. The van der Waals surface area contributed by atoms with Crippen molar-refractivity contribution in [3.8, 4) is 0 Å². The molecule has 0 aromatic heterocycles. The molecule has 0 saturated carbocycles. The van der Waals surface area contributed by atoms with Gasteiger partial charge in [0.25, 0.3) is 0 Å². The lowest BCUT2D eigenvalue weighted by Crippen LogP contribution is -2.25. The van der Waals surface area contributed by atoms with E-state index < -0.39 is 0 Å². The summed E-state index contributed by atoms with van der Waals surface area (Å²) in [5.41, 5.74) is 0. The first-order valence-electron chi connectivity index (χ1n) is 7.27. The van der Waals surface area contributed by atoms with Crippen molar-refractivity contribution in [2.45, 2.75) is 33.6 Å². The summed E-state index contributed by atoms with van der Waals surface area (Å²) in [6.07, 6.45) is 21.4. The molecule has 0 aliphatic carbocycles. The minimum Gasteiger partial charge on any atom is -0.352 e. The van der Waals surface area contributed by atoms with E-state index in [0.717, 1.165) is 6.42 Å². The maximum absolute atomic E-state index is 11.3. The third kappa shape index (κ3) is 14.2. The van der Waals surface area contributed by atoms with Crippen molar-refractivity contribution in [1.29, 1.82) is 0 Å². The molecule has 0 aromatic carbocycles. The first kappa shape index (κ1) is 18.2. The van der Waals surface area contributed by atoms with Gasteiger partial charge in [-0.2, -0.15) is 0 Å². The van der Waals surface area contributed by atoms with Crippen molar-refractivity contribution in [2.75, 3.05) is 6.54 Å². The average molecular weight is 273 g/mol. The van der Waals surface area contributed by atoms with Crippen LogP contribution in [0.1, 0.15) is 33.6 Å². The van der Waals surface area contributed by atoms with Gasteiger partial charge in [-0.25, -0.2) is 0 Å². The topological polar surface area (TPSA) is 29.1 Å². The predicted octanol–water partition coefficient (Wildman–Crippen LogP) is 4.34. The van der Waals surface area contributed by atoms with Gasteiger partial charge in [0.05, 0.1) is 0 Å². The molecule has 0 aliphatic rings. The molecule has 0 heterocycles. The highest BCUT2D eigenvalue weighted by molar-refractivity contribution is 5.87. The number of carbonyl (C=O) groups is 1. The quantitative estimate of drug-likeness (QED) is 0.491. The molecular formula is C18H27NO. The number of hydrogen-bond donors (Lipinski definition) is 1. The van der Waals surface area contributed by atoms with E-state index in [4.69, 9.17) is 0 Å². The Morgan fingerprint density at radius 1 is 0.950 bits per heavy atom. The van der Waals surface area contributed by atoms with Crippen molar-refractivity contribution >= 4 is 5.91 Å². The van der Waals surface area contributed by atoms with Gasteiger partial charge in [-0.1, -0.05) is 81.9 Å². The lowest BCUT2D eigenvalue weighted by molar-refractivity contribution is -0.116. The minimum atomic E-state index is -0.0479.